The van der Waals surface area contributed by atoms with Gasteiger partial charge in [0.15, 0.2) is 0 Å². The Morgan fingerprint density at radius 2 is 1.71 bits per heavy atom. The zero-order chi connectivity index (χ0) is 15.6. The van der Waals surface area contributed by atoms with Crippen molar-refractivity contribution in [1.29, 1.82) is 0 Å². The lowest BCUT2D eigenvalue weighted by atomic mass is 9.89. The van der Waals surface area contributed by atoms with Crippen LogP contribution in [0.3, 0.4) is 0 Å². The molecule has 0 saturated heterocycles. The van der Waals surface area contributed by atoms with E-state index in [9.17, 15) is 12.8 Å². The number of aryl methyl sites for hydroxylation is 2. The van der Waals surface area contributed by atoms with Crippen molar-refractivity contribution in [2.75, 3.05) is 6.54 Å². The van der Waals surface area contributed by atoms with Gasteiger partial charge in [0.2, 0.25) is 10.0 Å². The average molecular weight is 334 g/mol. The van der Waals surface area contributed by atoms with E-state index in [2.05, 4.69) is 4.72 Å². The van der Waals surface area contributed by atoms with Crippen LogP contribution in [0.4, 0.5) is 4.39 Å². The van der Waals surface area contributed by atoms with Crippen LogP contribution in [0.2, 0.25) is 0 Å². The summed E-state index contributed by atoms with van der Waals surface area (Å²) in [5, 5.41) is 0.222. The van der Waals surface area contributed by atoms with E-state index in [1.165, 1.54) is 12.1 Å². The Morgan fingerprint density at radius 1 is 1.19 bits per heavy atom. The molecule has 2 rings (SSSR count). The standard InChI is InChI=1S/C15H21ClFNO2S/c1-10-7-14(17)8-11(2)15(10)21(19,20)18-9-12-3-5-13(16)6-4-12/h7-8,12-13,18H,3-6,9H2,1-2H3. The average Bonchev–Trinajstić information content (AvgIpc) is 2.36. The Balaban J connectivity index is 2.09. The zero-order valence-electron chi connectivity index (χ0n) is 12.3. The van der Waals surface area contributed by atoms with Crippen molar-refractivity contribution in [2.24, 2.45) is 5.92 Å². The molecular weight excluding hydrogens is 313 g/mol. The van der Waals surface area contributed by atoms with E-state index in [1.807, 2.05) is 0 Å². The largest absolute Gasteiger partial charge is 0.241 e. The molecule has 6 heteroatoms. The van der Waals surface area contributed by atoms with Gasteiger partial charge in [-0.3, -0.25) is 0 Å². The van der Waals surface area contributed by atoms with E-state index in [1.54, 1.807) is 13.8 Å². The zero-order valence-corrected chi connectivity index (χ0v) is 13.9. The van der Waals surface area contributed by atoms with Crippen LogP contribution in [0, 0.1) is 25.6 Å². The summed E-state index contributed by atoms with van der Waals surface area (Å²) in [6.07, 6.45) is 3.75. The highest BCUT2D eigenvalue weighted by molar-refractivity contribution is 7.89. The lowest BCUT2D eigenvalue weighted by Crippen LogP contribution is -2.32. The molecule has 0 amide bonds. The molecule has 0 heterocycles. The molecule has 0 radical (unpaired) electrons. The minimum atomic E-state index is -3.60. The van der Waals surface area contributed by atoms with Gasteiger partial charge in [0.1, 0.15) is 5.82 Å². The quantitative estimate of drug-likeness (QED) is 0.857. The van der Waals surface area contributed by atoms with Gasteiger partial charge in [0.25, 0.3) is 0 Å². The Hall–Kier alpha value is -0.650. The van der Waals surface area contributed by atoms with Gasteiger partial charge in [-0.15, -0.1) is 11.6 Å². The summed E-state index contributed by atoms with van der Waals surface area (Å²) in [6, 6.07) is 2.50. The van der Waals surface area contributed by atoms with Crippen molar-refractivity contribution >= 4 is 21.6 Å². The van der Waals surface area contributed by atoms with E-state index in [0.717, 1.165) is 25.7 Å². The first-order chi connectivity index (χ1) is 9.79. The molecule has 0 aromatic heterocycles. The monoisotopic (exact) mass is 333 g/mol. The fraction of sp³-hybridized carbons (Fsp3) is 0.600. The highest BCUT2D eigenvalue weighted by Crippen LogP contribution is 2.28. The number of rotatable bonds is 4. The van der Waals surface area contributed by atoms with Crippen molar-refractivity contribution in [1.82, 2.24) is 4.72 Å². The van der Waals surface area contributed by atoms with E-state index >= 15 is 0 Å². The molecular formula is C15H21ClFNO2S. The SMILES string of the molecule is Cc1cc(F)cc(C)c1S(=O)(=O)NCC1CCC(Cl)CC1. The lowest BCUT2D eigenvalue weighted by molar-refractivity contribution is 0.361. The Labute approximate surface area is 130 Å². The first kappa shape index (κ1) is 16.7. The second kappa shape index (κ2) is 6.63. The Bertz CT molecular complexity index is 587. The number of hydrogen-bond acceptors (Lipinski definition) is 2. The van der Waals surface area contributed by atoms with Crippen molar-refractivity contribution in [3.05, 3.63) is 29.1 Å². The van der Waals surface area contributed by atoms with Crippen LogP contribution < -0.4 is 4.72 Å². The maximum atomic E-state index is 13.3. The number of alkyl halides is 1. The molecule has 21 heavy (non-hydrogen) atoms. The van der Waals surface area contributed by atoms with Gasteiger partial charge in [-0.1, -0.05) is 0 Å². The molecule has 0 unspecified atom stereocenters. The molecule has 1 aliphatic carbocycles. The van der Waals surface area contributed by atoms with Crippen LogP contribution in [-0.2, 0) is 10.0 Å². The maximum absolute atomic E-state index is 13.3. The fourth-order valence-electron chi connectivity index (χ4n) is 2.95. The summed E-state index contributed by atoms with van der Waals surface area (Å²) in [7, 11) is -3.60. The van der Waals surface area contributed by atoms with Gasteiger partial charge in [-0.25, -0.2) is 17.5 Å². The molecule has 0 aliphatic heterocycles. The van der Waals surface area contributed by atoms with E-state index in [-0.39, 0.29) is 10.3 Å². The predicted molar refractivity (Wildman–Crippen MR) is 82.7 cm³/mol. The van der Waals surface area contributed by atoms with Crippen molar-refractivity contribution in [3.8, 4) is 0 Å². The predicted octanol–water partition coefficient (Wildman–Crippen LogP) is 3.52. The van der Waals surface area contributed by atoms with E-state index < -0.39 is 15.8 Å². The third-order valence-corrected chi connectivity index (χ3v) is 6.20. The van der Waals surface area contributed by atoms with E-state index in [0.29, 0.717) is 23.6 Å². The topological polar surface area (TPSA) is 46.2 Å². The molecule has 1 aliphatic rings. The summed E-state index contributed by atoms with van der Waals surface area (Å²) >= 11 is 6.05. The Kier molecular flexibility index (Phi) is 5.28. The van der Waals surface area contributed by atoms with Crippen molar-refractivity contribution in [3.63, 3.8) is 0 Å². The van der Waals surface area contributed by atoms with Gasteiger partial charge in [-0.2, -0.15) is 0 Å². The molecule has 0 atom stereocenters. The third-order valence-electron chi connectivity index (χ3n) is 4.03. The number of sulfonamides is 1. The highest BCUT2D eigenvalue weighted by atomic mass is 35.5. The fourth-order valence-corrected chi connectivity index (χ4v) is 4.76. The highest BCUT2D eigenvalue weighted by Gasteiger charge is 2.24. The van der Waals surface area contributed by atoms with Crippen LogP contribution in [-0.4, -0.2) is 20.3 Å². The molecule has 0 bridgehead atoms. The first-order valence-corrected chi connectivity index (χ1v) is 9.12. The maximum Gasteiger partial charge on any atom is 0.241 e. The van der Waals surface area contributed by atoms with Crippen LogP contribution in [0.5, 0.6) is 0 Å². The summed E-state index contributed by atoms with van der Waals surface area (Å²) in [6.45, 7) is 3.65. The second-order valence-corrected chi connectivity index (χ2v) is 8.16. The molecule has 1 N–H and O–H groups in total. The summed E-state index contributed by atoms with van der Waals surface area (Å²) in [4.78, 5) is 0.190. The van der Waals surface area contributed by atoms with Crippen LogP contribution in [0.25, 0.3) is 0 Å². The van der Waals surface area contributed by atoms with Gasteiger partial charge in [0.05, 0.1) is 4.90 Å². The third kappa shape index (κ3) is 4.18. The number of halogens is 2. The smallest absolute Gasteiger partial charge is 0.211 e. The van der Waals surface area contributed by atoms with Crippen molar-refractivity contribution in [2.45, 2.75) is 49.8 Å². The first-order valence-electron chi connectivity index (χ1n) is 7.20. The molecule has 0 spiro atoms. The molecule has 3 nitrogen and oxygen atoms in total. The van der Waals surface area contributed by atoms with Gasteiger partial charge >= 0.3 is 0 Å². The summed E-state index contributed by atoms with van der Waals surface area (Å²) < 4.78 is 40.8. The number of hydrogen-bond donors (Lipinski definition) is 1. The minimum absolute atomic E-state index is 0.190. The van der Waals surface area contributed by atoms with Crippen LogP contribution in [0.1, 0.15) is 36.8 Å². The molecule has 1 fully saturated rings. The van der Waals surface area contributed by atoms with Crippen LogP contribution >= 0.6 is 11.6 Å². The van der Waals surface area contributed by atoms with Gasteiger partial charge < -0.3 is 0 Å². The summed E-state index contributed by atoms with van der Waals surface area (Å²) in [5.41, 5.74) is 0.869. The minimum Gasteiger partial charge on any atom is -0.211 e. The molecule has 1 aromatic rings. The van der Waals surface area contributed by atoms with Gasteiger partial charge in [0, 0.05) is 11.9 Å². The molecule has 1 saturated carbocycles. The number of nitrogens with one attached hydrogen (secondary N) is 1. The second-order valence-electron chi connectivity index (χ2n) is 5.84. The van der Waals surface area contributed by atoms with Gasteiger partial charge in [-0.05, 0) is 68.7 Å². The Morgan fingerprint density at radius 3 is 2.24 bits per heavy atom. The molecule has 1 aromatic carbocycles. The summed E-state index contributed by atoms with van der Waals surface area (Å²) in [5.74, 6) is -0.0831. The van der Waals surface area contributed by atoms with Crippen LogP contribution in [0.15, 0.2) is 17.0 Å². The normalized spacial score (nSPS) is 23.2. The van der Waals surface area contributed by atoms with E-state index in [4.69, 9.17) is 11.6 Å². The van der Waals surface area contributed by atoms with Crippen molar-refractivity contribution < 1.29 is 12.8 Å². The lowest BCUT2D eigenvalue weighted by Gasteiger charge is -2.25. The molecule has 118 valence electrons. The number of benzene rings is 1.